The molecule has 0 aromatic rings. The minimum Gasteiger partial charge on any atom is -0.393 e. The molecule has 0 aliphatic rings. The molecular formula is C10H22O3. The van der Waals surface area contributed by atoms with Crippen molar-refractivity contribution in [1.82, 2.24) is 0 Å². The van der Waals surface area contributed by atoms with E-state index in [-0.39, 0.29) is 12.4 Å². The Labute approximate surface area is 81.0 Å². The van der Waals surface area contributed by atoms with Gasteiger partial charge in [-0.25, -0.2) is 0 Å². The maximum atomic E-state index is 9.00. The molecule has 1 N–H and O–H groups in total. The van der Waals surface area contributed by atoms with Crippen molar-refractivity contribution in [2.24, 2.45) is 0 Å². The average Bonchev–Trinajstić information content (AvgIpc) is 2.11. The summed E-state index contributed by atoms with van der Waals surface area (Å²) in [4.78, 5) is 0. The van der Waals surface area contributed by atoms with Gasteiger partial charge in [-0.05, 0) is 26.2 Å². The predicted molar refractivity (Wildman–Crippen MR) is 52.6 cm³/mol. The standard InChI is InChI=1S/C10H22O3/c1-9(11)7-5-4-6-8-10(12-2)13-3/h9-11H,4-8H2,1-3H3. The molecule has 0 heterocycles. The lowest BCUT2D eigenvalue weighted by Gasteiger charge is -2.12. The molecule has 3 heteroatoms. The molecular weight excluding hydrogens is 168 g/mol. The van der Waals surface area contributed by atoms with Crippen LogP contribution < -0.4 is 0 Å². The fraction of sp³-hybridized carbons (Fsp3) is 1.00. The van der Waals surface area contributed by atoms with Crippen LogP contribution in [0.2, 0.25) is 0 Å². The summed E-state index contributed by atoms with van der Waals surface area (Å²) in [5, 5.41) is 9.00. The van der Waals surface area contributed by atoms with Crippen LogP contribution in [0, 0.1) is 0 Å². The Morgan fingerprint density at radius 1 is 1.00 bits per heavy atom. The molecule has 80 valence electrons. The van der Waals surface area contributed by atoms with Crippen molar-refractivity contribution in [3.63, 3.8) is 0 Å². The van der Waals surface area contributed by atoms with E-state index in [1.54, 1.807) is 14.2 Å². The van der Waals surface area contributed by atoms with Crippen molar-refractivity contribution in [2.75, 3.05) is 14.2 Å². The Balaban J connectivity index is 3.14. The van der Waals surface area contributed by atoms with E-state index in [9.17, 15) is 0 Å². The van der Waals surface area contributed by atoms with Gasteiger partial charge in [0, 0.05) is 14.2 Å². The highest BCUT2D eigenvalue weighted by Crippen LogP contribution is 2.09. The summed E-state index contributed by atoms with van der Waals surface area (Å²) in [5.41, 5.74) is 0. The molecule has 0 saturated carbocycles. The van der Waals surface area contributed by atoms with Gasteiger partial charge in [-0.1, -0.05) is 12.8 Å². The molecule has 0 aliphatic heterocycles. The quantitative estimate of drug-likeness (QED) is 0.469. The second-order valence-corrected chi connectivity index (χ2v) is 3.39. The third kappa shape index (κ3) is 8.22. The van der Waals surface area contributed by atoms with E-state index in [0.717, 1.165) is 32.1 Å². The fourth-order valence-electron chi connectivity index (χ4n) is 1.26. The molecule has 0 saturated heterocycles. The zero-order valence-corrected chi connectivity index (χ0v) is 8.95. The van der Waals surface area contributed by atoms with Crippen LogP contribution >= 0.6 is 0 Å². The van der Waals surface area contributed by atoms with Gasteiger partial charge in [-0.2, -0.15) is 0 Å². The first-order valence-electron chi connectivity index (χ1n) is 4.94. The van der Waals surface area contributed by atoms with Crippen LogP contribution in [-0.4, -0.2) is 31.7 Å². The van der Waals surface area contributed by atoms with Crippen molar-refractivity contribution in [1.29, 1.82) is 0 Å². The molecule has 0 fully saturated rings. The lowest BCUT2D eigenvalue weighted by atomic mass is 10.1. The molecule has 0 aromatic carbocycles. The van der Waals surface area contributed by atoms with E-state index < -0.39 is 0 Å². The summed E-state index contributed by atoms with van der Waals surface area (Å²) in [6, 6.07) is 0. The predicted octanol–water partition coefficient (Wildman–Crippen LogP) is 1.94. The van der Waals surface area contributed by atoms with E-state index >= 15 is 0 Å². The third-order valence-corrected chi connectivity index (χ3v) is 2.09. The highest BCUT2D eigenvalue weighted by molar-refractivity contribution is 4.50. The number of rotatable bonds is 8. The fourth-order valence-corrected chi connectivity index (χ4v) is 1.26. The maximum Gasteiger partial charge on any atom is 0.156 e. The number of ether oxygens (including phenoxy) is 2. The number of unbranched alkanes of at least 4 members (excludes halogenated alkanes) is 2. The number of hydrogen-bond donors (Lipinski definition) is 1. The van der Waals surface area contributed by atoms with Crippen molar-refractivity contribution < 1.29 is 14.6 Å². The first kappa shape index (κ1) is 12.9. The van der Waals surface area contributed by atoms with Crippen LogP contribution in [-0.2, 0) is 9.47 Å². The monoisotopic (exact) mass is 190 g/mol. The van der Waals surface area contributed by atoms with Gasteiger partial charge in [0.15, 0.2) is 6.29 Å². The largest absolute Gasteiger partial charge is 0.393 e. The highest BCUT2D eigenvalue weighted by Gasteiger charge is 2.03. The summed E-state index contributed by atoms with van der Waals surface area (Å²) < 4.78 is 10.1. The average molecular weight is 190 g/mol. The number of hydrogen-bond acceptors (Lipinski definition) is 3. The van der Waals surface area contributed by atoms with Crippen LogP contribution in [0.5, 0.6) is 0 Å². The van der Waals surface area contributed by atoms with E-state index in [0.29, 0.717) is 0 Å². The first-order chi connectivity index (χ1) is 6.20. The second-order valence-electron chi connectivity index (χ2n) is 3.39. The van der Waals surface area contributed by atoms with Gasteiger partial charge < -0.3 is 14.6 Å². The highest BCUT2D eigenvalue weighted by atomic mass is 16.7. The molecule has 0 rings (SSSR count). The molecule has 1 atom stereocenters. The topological polar surface area (TPSA) is 38.7 Å². The molecule has 1 unspecified atom stereocenters. The van der Waals surface area contributed by atoms with E-state index in [2.05, 4.69) is 0 Å². The summed E-state index contributed by atoms with van der Waals surface area (Å²) in [6.07, 6.45) is 4.91. The zero-order valence-electron chi connectivity index (χ0n) is 8.95. The molecule has 0 aromatic heterocycles. The second kappa shape index (κ2) is 8.48. The van der Waals surface area contributed by atoms with Crippen LogP contribution in [0.4, 0.5) is 0 Å². The van der Waals surface area contributed by atoms with E-state index in [1.807, 2.05) is 6.92 Å². The van der Waals surface area contributed by atoms with Gasteiger partial charge in [0.25, 0.3) is 0 Å². The van der Waals surface area contributed by atoms with Gasteiger partial charge in [0.1, 0.15) is 0 Å². The van der Waals surface area contributed by atoms with Crippen molar-refractivity contribution in [2.45, 2.75) is 51.4 Å². The molecule has 0 radical (unpaired) electrons. The molecule has 0 spiro atoms. The zero-order chi connectivity index (χ0) is 10.1. The number of aliphatic hydroxyl groups is 1. The van der Waals surface area contributed by atoms with Crippen LogP contribution in [0.15, 0.2) is 0 Å². The Morgan fingerprint density at radius 3 is 2.00 bits per heavy atom. The summed E-state index contributed by atoms with van der Waals surface area (Å²) in [6.45, 7) is 1.83. The van der Waals surface area contributed by atoms with Gasteiger partial charge in [-0.3, -0.25) is 0 Å². The van der Waals surface area contributed by atoms with Crippen molar-refractivity contribution >= 4 is 0 Å². The molecule has 0 amide bonds. The van der Waals surface area contributed by atoms with Gasteiger partial charge in [-0.15, -0.1) is 0 Å². The Morgan fingerprint density at radius 2 is 1.54 bits per heavy atom. The van der Waals surface area contributed by atoms with Gasteiger partial charge in [0.2, 0.25) is 0 Å². The number of aliphatic hydroxyl groups excluding tert-OH is 1. The SMILES string of the molecule is COC(CCCCCC(C)O)OC. The minimum atomic E-state index is -0.166. The first-order valence-corrected chi connectivity index (χ1v) is 4.94. The maximum absolute atomic E-state index is 9.00. The van der Waals surface area contributed by atoms with Gasteiger partial charge >= 0.3 is 0 Å². The normalized spacial score (nSPS) is 13.6. The van der Waals surface area contributed by atoms with E-state index in [1.165, 1.54) is 0 Å². The molecule has 3 nitrogen and oxygen atoms in total. The minimum absolute atomic E-state index is 0.0634. The third-order valence-electron chi connectivity index (χ3n) is 2.09. The Kier molecular flexibility index (Phi) is 8.40. The van der Waals surface area contributed by atoms with Crippen LogP contribution in [0.1, 0.15) is 39.0 Å². The van der Waals surface area contributed by atoms with E-state index in [4.69, 9.17) is 14.6 Å². The molecule has 13 heavy (non-hydrogen) atoms. The number of methoxy groups -OCH3 is 2. The smallest absolute Gasteiger partial charge is 0.156 e. The lowest BCUT2D eigenvalue weighted by molar-refractivity contribution is -0.107. The summed E-state index contributed by atoms with van der Waals surface area (Å²) >= 11 is 0. The van der Waals surface area contributed by atoms with Gasteiger partial charge in [0.05, 0.1) is 6.10 Å². The molecule has 0 aliphatic carbocycles. The summed E-state index contributed by atoms with van der Waals surface area (Å²) in [5.74, 6) is 0. The molecule has 0 bridgehead atoms. The van der Waals surface area contributed by atoms with Crippen molar-refractivity contribution in [3.8, 4) is 0 Å². The Bertz CT molecular complexity index is 100. The van der Waals surface area contributed by atoms with Crippen LogP contribution in [0.3, 0.4) is 0 Å². The van der Waals surface area contributed by atoms with Crippen LogP contribution in [0.25, 0.3) is 0 Å². The van der Waals surface area contributed by atoms with Crippen molar-refractivity contribution in [3.05, 3.63) is 0 Å². The Hall–Kier alpha value is -0.120. The summed E-state index contributed by atoms with van der Waals surface area (Å²) in [7, 11) is 3.31. The lowest BCUT2D eigenvalue weighted by Crippen LogP contribution is -2.12.